The maximum atomic E-state index is 13.8. The van der Waals surface area contributed by atoms with Crippen LogP contribution < -0.4 is 5.73 Å². The molecular formula is C9H14FNO2. The first-order valence-electron chi connectivity index (χ1n) is 4.72. The van der Waals surface area contributed by atoms with Crippen molar-refractivity contribution >= 4 is 5.97 Å². The Bertz CT molecular complexity index is 232. The molecule has 0 radical (unpaired) electrons. The molecule has 4 heteroatoms. The first-order valence-corrected chi connectivity index (χ1v) is 4.72. The highest BCUT2D eigenvalue weighted by molar-refractivity contribution is 5.84. The molecule has 2 atom stereocenters. The van der Waals surface area contributed by atoms with Crippen molar-refractivity contribution < 1.29 is 13.9 Å². The SMILES string of the molecule is CCOC(=O)C1(F)[C@H]2CC(N)C[C@@H]21. The molecule has 2 saturated carbocycles. The second-order valence-electron chi connectivity index (χ2n) is 3.93. The third-order valence-corrected chi connectivity index (χ3v) is 3.16. The summed E-state index contributed by atoms with van der Waals surface area (Å²) in [5.74, 6) is -1.01. The molecule has 2 fully saturated rings. The van der Waals surface area contributed by atoms with Crippen LogP contribution in [0.1, 0.15) is 19.8 Å². The average molecular weight is 187 g/mol. The number of esters is 1. The Kier molecular flexibility index (Phi) is 1.84. The Morgan fingerprint density at radius 1 is 1.62 bits per heavy atom. The summed E-state index contributed by atoms with van der Waals surface area (Å²) in [6.45, 7) is 1.93. The maximum absolute atomic E-state index is 13.8. The topological polar surface area (TPSA) is 52.3 Å². The summed E-state index contributed by atoms with van der Waals surface area (Å²) >= 11 is 0. The van der Waals surface area contributed by atoms with Crippen LogP contribution in [0.25, 0.3) is 0 Å². The van der Waals surface area contributed by atoms with Crippen molar-refractivity contribution in [3.05, 3.63) is 0 Å². The zero-order chi connectivity index (χ0) is 9.64. The van der Waals surface area contributed by atoms with Gasteiger partial charge in [-0.2, -0.15) is 0 Å². The van der Waals surface area contributed by atoms with Crippen molar-refractivity contribution in [1.29, 1.82) is 0 Å². The number of hydrogen-bond donors (Lipinski definition) is 1. The zero-order valence-corrected chi connectivity index (χ0v) is 7.63. The Balaban J connectivity index is 1.99. The van der Waals surface area contributed by atoms with E-state index in [4.69, 9.17) is 5.73 Å². The lowest BCUT2D eigenvalue weighted by molar-refractivity contribution is -0.152. The van der Waals surface area contributed by atoms with Gasteiger partial charge in [-0.05, 0) is 19.8 Å². The quantitative estimate of drug-likeness (QED) is 0.645. The molecule has 0 amide bonds. The number of nitrogens with two attached hydrogens (primary N) is 1. The van der Waals surface area contributed by atoms with Gasteiger partial charge in [0, 0.05) is 17.9 Å². The smallest absolute Gasteiger partial charge is 0.344 e. The number of carbonyl (C=O) groups excluding carboxylic acids is 1. The van der Waals surface area contributed by atoms with E-state index < -0.39 is 11.6 Å². The van der Waals surface area contributed by atoms with Gasteiger partial charge in [-0.25, -0.2) is 9.18 Å². The second-order valence-corrected chi connectivity index (χ2v) is 3.93. The van der Waals surface area contributed by atoms with Crippen LogP contribution in [-0.2, 0) is 9.53 Å². The highest BCUT2D eigenvalue weighted by Gasteiger charge is 2.74. The monoisotopic (exact) mass is 187 g/mol. The van der Waals surface area contributed by atoms with Gasteiger partial charge in [-0.3, -0.25) is 0 Å². The molecule has 0 saturated heterocycles. The number of fused-ring (bicyclic) bond motifs is 1. The van der Waals surface area contributed by atoms with E-state index in [0.29, 0.717) is 12.8 Å². The fourth-order valence-electron chi connectivity index (χ4n) is 2.46. The van der Waals surface area contributed by atoms with Crippen LogP contribution in [0.5, 0.6) is 0 Å². The molecule has 0 spiro atoms. The summed E-state index contributed by atoms with van der Waals surface area (Å²) in [6.07, 6.45) is 1.25. The number of halogens is 1. The first-order chi connectivity index (χ1) is 6.10. The lowest BCUT2D eigenvalue weighted by Gasteiger charge is -2.13. The van der Waals surface area contributed by atoms with Crippen molar-refractivity contribution in [1.82, 2.24) is 0 Å². The van der Waals surface area contributed by atoms with Crippen molar-refractivity contribution in [3.8, 4) is 0 Å². The predicted octanol–water partition coefficient (Wildman–Crippen LogP) is 0.625. The Hall–Kier alpha value is -0.640. The average Bonchev–Trinajstić information content (AvgIpc) is 2.45. The van der Waals surface area contributed by atoms with E-state index in [1.54, 1.807) is 6.92 Å². The van der Waals surface area contributed by atoms with Gasteiger partial charge < -0.3 is 10.5 Å². The van der Waals surface area contributed by atoms with E-state index in [0.717, 1.165) is 0 Å². The summed E-state index contributed by atoms with van der Waals surface area (Å²) in [7, 11) is 0. The molecule has 74 valence electrons. The van der Waals surface area contributed by atoms with Crippen LogP contribution in [0.4, 0.5) is 4.39 Å². The number of carbonyl (C=O) groups is 1. The van der Waals surface area contributed by atoms with Gasteiger partial charge in [0.25, 0.3) is 0 Å². The summed E-state index contributed by atoms with van der Waals surface area (Å²) < 4.78 is 18.5. The van der Waals surface area contributed by atoms with Crippen molar-refractivity contribution in [2.75, 3.05) is 6.61 Å². The highest BCUT2D eigenvalue weighted by atomic mass is 19.1. The van der Waals surface area contributed by atoms with Gasteiger partial charge in [-0.15, -0.1) is 0 Å². The fourth-order valence-corrected chi connectivity index (χ4v) is 2.46. The van der Waals surface area contributed by atoms with Crippen LogP contribution in [0.2, 0.25) is 0 Å². The molecule has 13 heavy (non-hydrogen) atoms. The van der Waals surface area contributed by atoms with E-state index in [-0.39, 0.29) is 24.5 Å². The molecule has 0 bridgehead atoms. The number of alkyl halides is 1. The summed E-state index contributed by atoms with van der Waals surface area (Å²) in [5, 5.41) is 0. The molecule has 2 aliphatic carbocycles. The predicted molar refractivity (Wildman–Crippen MR) is 44.7 cm³/mol. The number of hydrogen-bond acceptors (Lipinski definition) is 3. The van der Waals surface area contributed by atoms with Gasteiger partial charge in [-0.1, -0.05) is 0 Å². The van der Waals surface area contributed by atoms with Crippen molar-refractivity contribution in [2.24, 2.45) is 17.6 Å². The third-order valence-electron chi connectivity index (χ3n) is 3.16. The third kappa shape index (κ3) is 1.08. The molecule has 0 aliphatic heterocycles. The Morgan fingerprint density at radius 3 is 2.62 bits per heavy atom. The van der Waals surface area contributed by atoms with E-state index in [2.05, 4.69) is 4.74 Å². The molecule has 0 heterocycles. The molecule has 0 unspecified atom stereocenters. The molecule has 2 aliphatic rings. The van der Waals surface area contributed by atoms with Crippen molar-refractivity contribution in [2.45, 2.75) is 31.5 Å². The van der Waals surface area contributed by atoms with E-state index in [1.807, 2.05) is 0 Å². The van der Waals surface area contributed by atoms with Crippen LogP contribution in [0.15, 0.2) is 0 Å². The maximum Gasteiger partial charge on any atom is 0.344 e. The second kappa shape index (κ2) is 2.67. The standard InChI is InChI=1S/C9H14FNO2/c1-2-13-8(12)9(10)6-3-5(11)4-7(6)9/h5-7H,2-4,11H2,1H3/t5?,6-,7-,9?/m0/s1. The molecule has 3 nitrogen and oxygen atoms in total. The van der Waals surface area contributed by atoms with E-state index >= 15 is 0 Å². The molecule has 2 rings (SSSR count). The van der Waals surface area contributed by atoms with Crippen LogP contribution in [-0.4, -0.2) is 24.3 Å². The van der Waals surface area contributed by atoms with Gasteiger partial charge in [0.15, 0.2) is 0 Å². The Labute approximate surface area is 76.4 Å². The largest absolute Gasteiger partial charge is 0.464 e. The van der Waals surface area contributed by atoms with Gasteiger partial charge in [0.1, 0.15) is 0 Å². The molecule has 2 N–H and O–H groups in total. The first kappa shape index (κ1) is 8.94. The lowest BCUT2D eigenvalue weighted by atomic mass is 10.1. The summed E-state index contributed by atoms with van der Waals surface area (Å²) in [6, 6.07) is 0.0771. The number of rotatable bonds is 2. The molecular weight excluding hydrogens is 173 g/mol. The summed E-state index contributed by atoms with van der Waals surface area (Å²) in [5.41, 5.74) is 3.94. The van der Waals surface area contributed by atoms with Gasteiger partial charge in [0.2, 0.25) is 5.67 Å². The minimum Gasteiger partial charge on any atom is -0.464 e. The Morgan fingerprint density at radius 2 is 2.15 bits per heavy atom. The van der Waals surface area contributed by atoms with Crippen LogP contribution >= 0.6 is 0 Å². The van der Waals surface area contributed by atoms with Crippen LogP contribution in [0.3, 0.4) is 0 Å². The van der Waals surface area contributed by atoms with Crippen molar-refractivity contribution in [3.63, 3.8) is 0 Å². The molecule has 0 aromatic heterocycles. The number of ether oxygens (including phenoxy) is 1. The van der Waals surface area contributed by atoms with E-state index in [1.165, 1.54) is 0 Å². The molecule has 0 aromatic rings. The molecule has 0 aromatic carbocycles. The van der Waals surface area contributed by atoms with Crippen LogP contribution in [0, 0.1) is 11.8 Å². The minimum atomic E-state index is -1.69. The summed E-state index contributed by atoms with van der Waals surface area (Å²) in [4.78, 5) is 11.2. The zero-order valence-electron chi connectivity index (χ0n) is 7.63. The fraction of sp³-hybridized carbons (Fsp3) is 0.889. The van der Waals surface area contributed by atoms with E-state index in [9.17, 15) is 9.18 Å². The lowest BCUT2D eigenvalue weighted by Crippen LogP contribution is -2.30. The van der Waals surface area contributed by atoms with Gasteiger partial charge in [0.05, 0.1) is 6.61 Å². The van der Waals surface area contributed by atoms with Gasteiger partial charge >= 0.3 is 5.97 Å². The normalized spacial score (nSPS) is 43.0. The highest BCUT2D eigenvalue weighted by Crippen LogP contribution is 2.63. The minimum absolute atomic E-state index is 0.0771.